The predicted octanol–water partition coefficient (Wildman–Crippen LogP) is 7.03. The highest BCUT2D eigenvalue weighted by Crippen LogP contribution is 2.40. The zero-order valence-electron chi connectivity index (χ0n) is 22.1. The molecule has 2 aliphatic carbocycles. The van der Waals surface area contributed by atoms with Crippen LogP contribution < -0.4 is 5.32 Å². The highest BCUT2D eigenvalue weighted by Gasteiger charge is 2.36. The van der Waals surface area contributed by atoms with Gasteiger partial charge < -0.3 is 10.4 Å². The van der Waals surface area contributed by atoms with Crippen molar-refractivity contribution < 1.29 is 19.1 Å². The molecule has 0 spiro atoms. The van der Waals surface area contributed by atoms with Crippen molar-refractivity contribution in [2.24, 2.45) is 11.8 Å². The maximum atomic E-state index is 15.2. The van der Waals surface area contributed by atoms with Crippen molar-refractivity contribution in [3.05, 3.63) is 40.0 Å². The first-order valence-corrected chi connectivity index (χ1v) is 14.0. The van der Waals surface area contributed by atoms with Gasteiger partial charge >= 0.3 is 5.97 Å². The van der Waals surface area contributed by atoms with E-state index in [0.717, 1.165) is 28.1 Å². The van der Waals surface area contributed by atoms with Gasteiger partial charge in [0.2, 0.25) is 0 Å². The lowest BCUT2D eigenvalue weighted by Crippen LogP contribution is -2.46. The molecule has 2 aromatic rings. The number of carboxylic acids is 1. The summed E-state index contributed by atoms with van der Waals surface area (Å²) in [4.78, 5) is 30.0. The maximum absolute atomic E-state index is 15.2. The molecule has 1 aromatic carbocycles. The van der Waals surface area contributed by atoms with E-state index < -0.39 is 11.6 Å². The molecule has 4 rings (SSSR count). The third-order valence-corrected chi connectivity index (χ3v) is 8.81. The number of hydrogen-bond donors (Lipinski definition) is 2. The van der Waals surface area contributed by atoms with E-state index in [1.54, 1.807) is 13.8 Å². The van der Waals surface area contributed by atoms with Crippen LogP contribution in [-0.4, -0.2) is 28.0 Å². The zero-order chi connectivity index (χ0) is 26.3. The Kier molecular flexibility index (Phi) is 7.61. The first kappa shape index (κ1) is 26.8. The number of alkyl halides is 1. The number of carbonyl (C=O) groups is 2. The second kappa shape index (κ2) is 10.2. The molecule has 5 nitrogen and oxygen atoms in total. The average Bonchev–Trinajstić information content (AvgIpc) is 3.18. The van der Waals surface area contributed by atoms with Gasteiger partial charge in [-0.2, -0.15) is 0 Å². The molecular formula is C29H39FN2O3S. The molecule has 0 atom stereocenters. The molecule has 0 aliphatic heterocycles. The lowest BCUT2D eigenvalue weighted by atomic mass is 9.80. The number of carbonyl (C=O) groups excluding carboxylic acids is 1. The number of thiazole rings is 1. The maximum Gasteiger partial charge on any atom is 0.306 e. The number of nitrogens with one attached hydrogen (secondary N) is 1. The van der Waals surface area contributed by atoms with E-state index in [0.29, 0.717) is 29.3 Å². The first-order valence-electron chi connectivity index (χ1n) is 13.2. The molecule has 0 radical (unpaired) electrons. The molecule has 0 bridgehead atoms. The van der Waals surface area contributed by atoms with E-state index in [4.69, 9.17) is 10.1 Å². The van der Waals surface area contributed by atoms with Gasteiger partial charge in [0.15, 0.2) is 5.01 Å². The Morgan fingerprint density at radius 2 is 1.69 bits per heavy atom. The van der Waals surface area contributed by atoms with E-state index >= 15 is 4.39 Å². The standard InChI is InChI=1S/C29H39FN2O3S/c1-28(2,3)20-12-18(13-21(16-20)29(4,5)30)24-23(11-17-9-7-6-8-10-17)32-26(36-24)25(33)31-22-14-19(15-22)27(34)35/h12-13,16-17,19,22H,6-11,14-15H2,1-5H3,(H,31,33)(H,34,35). The van der Waals surface area contributed by atoms with Crippen LogP contribution in [0.2, 0.25) is 0 Å². The lowest BCUT2D eigenvalue weighted by Gasteiger charge is -2.32. The van der Waals surface area contributed by atoms with E-state index in [1.165, 1.54) is 43.4 Å². The van der Waals surface area contributed by atoms with Crippen LogP contribution in [0.3, 0.4) is 0 Å². The van der Waals surface area contributed by atoms with Crippen LogP contribution in [0.15, 0.2) is 18.2 Å². The van der Waals surface area contributed by atoms with Gasteiger partial charge in [-0.15, -0.1) is 11.3 Å². The highest BCUT2D eigenvalue weighted by atomic mass is 32.1. The summed E-state index contributed by atoms with van der Waals surface area (Å²) in [6.45, 7) is 9.53. The monoisotopic (exact) mass is 514 g/mol. The number of amides is 1. The summed E-state index contributed by atoms with van der Waals surface area (Å²) in [5, 5.41) is 12.5. The van der Waals surface area contributed by atoms with Crippen LogP contribution in [0.5, 0.6) is 0 Å². The summed E-state index contributed by atoms with van der Waals surface area (Å²) in [5.74, 6) is -0.895. The summed E-state index contributed by atoms with van der Waals surface area (Å²) in [6, 6.07) is 5.86. The average molecular weight is 515 g/mol. The third-order valence-electron chi connectivity index (χ3n) is 7.67. The topological polar surface area (TPSA) is 79.3 Å². The van der Waals surface area contributed by atoms with Crippen molar-refractivity contribution in [2.45, 2.75) is 103 Å². The summed E-state index contributed by atoms with van der Waals surface area (Å²) in [7, 11) is 0. The number of hydrogen-bond acceptors (Lipinski definition) is 4. The second-order valence-electron chi connectivity index (χ2n) is 12.2. The number of halogens is 1. The molecule has 0 saturated heterocycles. The number of aromatic nitrogens is 1. The molecule has 1 aromatic heterocycles. The number of rotatable bonds is 7. The van der Waals surface area contributed by atoms with Crippen molar-refractivity contribution in [1.29, 1.82) is 0 Å². The number of benzene rings is 1. The Bertz CT molecular complexity index is 1080. The zero-order valence-corrected chi connectivity index (χ0v) is 22.9. The normalized spacial score (nSPS) is 21.2. The van der Waals surface area contributed by atoms with Gasteiger partial charge in [-0.05, 0) is 73.3 Å². The minimum atomic E-state index is -1.49. The van der Waals surface area contributed by atoms with Crippen molar-refractivity contribution in [2.75, 3.05) is 0 Å². The Morgan fingerprint density at radius 3 is 2.28 bits per heavy atom. The smallest absolute Gasteiger partial charge is 0.306 e. The SMILES string of the molecule is CC(C)(C)c1cc(-c2sc(C(=O)NC3CC(C(=O)O)C3)nc2CC2CCCCC2)cc(C(C)(C)F)c1. The van der Waals surface area contributed by atoms with Gasteiger partial charge in [0.25, 0.3) is 5.91 Å². The summed E-state index contributed by atoms with van der Waals surface area (Å²) in [6.07, 6.45) is 7.79. The molecule has 196 valence electrons. The molecule has 2 N–H and O–H groups in total. The van der Waals surface area contributed by atoms with E-state index in [2.05, 4.69) is 32.2 Å². The largest absolute Gasteiger partial charge is 0.481 e. The van der Waals surface area contributed by atoms with Gasteiger partial charge in [-0.1, -0.05) is 58.9 Å². The fraction of sp³-hybridized carbons (Fsp3) is 0.621. The molecule has 7 heteroatoms. The first-order chi connectivity index (χ1) is 16.8. The minimum Gasteiger partial charge on any atom is -0.481 e. The Morgan fingerprint density at radius 1 is 1.06 bits per heavy atom. The quantitative estimate of drug-likeness (QED) is 0.416. The Labute approximate surface area is 217 Å². The van der Waals surface area contributed by atoms with Crippen LogP contribution in [0.1, 0.15) is 106 Å². The third kappa shape index (κ3) is 6.16. The van der Waals surface area contributed by atoms with Crippen LogP contribution in [0.4, 0.5) is 4.39 Å². The van der Waals surface area contributed by atoms with Crippen molar-refractivity contribution in [3.8, 4) is 10.4 Å². The van der Waals surface area contributed by atoms with Crippen LogP contribution in [-0.2, 0) is 22.3 Å². The van der Waals surface area contributed by atoms with Gasteiger partial charge in [-0.3, -0.25) is 9.59 Å². The van der Waals surface area contributed by atoms with Gasteiger partial charge in [0.1, 0.15) is 5.67 Å². The van der Waals surface area contributed by atoms with E-state index in [1.807, 2.05) is 12.1 Å². The van der Waals surface area contributed by atoms with Crippen LogP contribution >= 0.6 is 11.3 Å². The fourth-order valence-electron chi connectivity index (χ4n) is 5.20. The van der Waals surface area contributed by atoms with Crippen molar-refractivity contribution >= 4 is 23.2 Å². The molecular weight excluding hydrogens is 475 g/mol. The van der Waals surface area contributed by atoms with Gasteiger partial charge in [0, 0.05) is 6.04 Å². The molecule has 36 heavy (non-hydrogen) atoms. The Balaban J connectivity index is 1.69. The predicted molar refractivity (Wildman–Crippen MR) is 142 cm³/mol. The van der Waals surface area contributed by atoms with Crippen molar-refractivity contribution in [3.63, 3.8) is 0 Å². The van der Waals surface area contributed by atoms with E-state index in [-0.39, 0.29) is 23.3 Å². The summed E-state index contributed by atoms with van der Waals surface area (Å²) in [5.41, 5.74) is 1.87. The van der Waals surface area contributed by atoms with Crippen LogP contribution in [0.25, 0.3) is 10.4 Å². The number of carboxylic acid groups (broad SMARTS) is 1. The van der Waals surface area contributed by atoms with Gasteiger partial charge in [-0.25, -0.2) is 9.37 Å². The minimum absolute atomic E-state index is 0.129. The number of nitrogens with zero attached hydrogens (tertiary/aromatic N) is 1. The molecule has 2 saturated carbocycles. The summed E-state index contributed by atoms with van der Waals surface area (Å²) < 4.78 is 15.2. The number of aliphatic carboxylic acids is 1. The highest BCUT2D eigenvalue weighted by molar-refractivity contribution is 7.17. The van der Waals surface area contributed by atoms with Gasteiger partial charge in [0.05, 0.1) is 16.5 Å². The molecule has 2 aliphatic rings. The Hall–Kier alpha value is -2.28. The molecule has 0 unspecified atom stereocenters. The van der Waals surface area contributed by atoms with E-state index in [9.17, 15) is 9.59 Å². The summed E-state index contributed by atoms with van der Waals surface area (Å²) >= 11 is 1.37. The lowest BCUT2D eigenvalue weighted by molar-refractivity contribution is -0.145. The molecule has 1 amide bonds. The molecule has 1 heterocycles. The second-order valence-corrected chi connectivity index (χ2v) is 13.2. The van der Waals surface area contributed by atoms with Crippen molar-refractivity contribution in [1.82, 2.24) is 10.3 Å². The van der Waals surface area contributed by atoms with Crippen LogP contribution in [0, 0.1) is 11.8 Å². The fourth-order valence-corrected chi connectivity index (χ4v) is 6.18. The molecule has 2 fully saturated rings.